The number of aliphatic hydroxyl groups excluding tert-OH is 2. The van der Waals surface area contributed by atoms with Gasteiger partial charge in [0.15, 0.2) is 29.1 Å². The van der Waals surface area contributed by atoms with Crippen LogP contribution in [-0.2, 0) is 6.61 Å². The molecule has 0 spiro atoms. The molecule has 0 heterocycles. The van der Waals surface area contributed by atoms with Crippen molar-refractivity contribution < 1.29 is 33.9 Å². The van der Waals surface area contributed by atoms with Gasteiger partial charge < -0.3 is 33.9 Å². The highest BCUT2D eigenvalue weighted by Gasteiger charge is 2.26. The molecule has 0 bridgehead atoms. The number of para-hydroxylation sites is 2. The third-order valence-corrected chi connectivity index (χ3v) is 4.93. The molecule has 3 aromatic carbocycles. The predicted octanol–water partition coefficient (Wildman–Crippen LogP) is 3.76. The second-order valence-electron chi connectivity index (χ2n) is 6.96. The minimum absolute atomic E-state index is 0.325. The number of hydrogen-bond acceptors (Lipinski definition) is 7. The van der Waals surface area contributed by atoms with Gasteiger partial charge in [-0.05, 0) is 35.4 Å². The van der Waals surface area contributed by atoms with Crippen molar-refractivity contribution in [1.29, 1.82) is 0 Å². The molecule has 2 atom stereocenters. The van der Waals surface area contributed by atoms with E-state index >= 15 is 0 Å². The zero-order valence-corrected chi connectivity index (χ0v) is 18.4. The van der Waals surface area contributed by atoms with E-state index in [1.54, 1.807) is 36.4 Å². The molecular weight excluding hydrogens is 412 g/mol. The Bertz CT molecular complexity index is 966. The molecule has 0 aliphatic carbocycles. The van der Waals surface area contributed by atoms with Crippen molar-refractivity contribution in [3.63, 3.8) is 0 Å². The van der Waals surface area contributed by atoms with Gasteiger partial charge in [-0.25, -0.2) is 0 Å². The lowest BCUT2D eigenvalue weighted by atomic mass is 10.0. The summed E-state index contributed by atoms with van der Waals surface area (Å²) in [5.41, 5.74) is 1.44. The molecule has 0 aliphatic heterocycles. The molecule has 0 saturated carbocycles. The summed E-state index contributed by atoms with van der Waals surface area (Å²) in [5.74, 6) is 2.11. The largest absolute Gasteiger partial charge is 0.493 e. The minimum Gasteiger partial charge on any atom is -0.493 e. The van der Waals surface area contributed by atoms with Gasteiger partial charge in [-0.3, -0.25) is 0 Å². The molecule has 32 heavy (non-hydrogen) atoms. The van der Waals surface area contributed by atoms with Gasteiger partial charge in [0, 0.05) is 0 Å². The third-order valence-electron chi connectivity index (χ3n) is 4.93. The van der Waals surface area contributed by atoms with E-state index in [1.807, 2.05) is 30.3 Å². The lowest BCUT2D eigenvalue weighted by Gasteiger charge is -2.25. The highest BCUT2D eigenvalue weighted by molar-refractivity contribution is 5.54. The van der Waals surface area contributed by atoms with E-state index < -0.39 is 18.8 Å². The summed E-state index contributed by atoms with van der Waals surface area (Å²) in [4.78, 5) is 0. The van der Waals surface area contributed by atoms with Crippen LogP contribution in [0.3, 0.4) is 0 Å². The molecule has 0 amide bonds. The standard InChI is InChI=1S/C25H28O7/c1-28-19-11-7-8-12-20(19)32-23(15-26)24(27)18-13-21(29-2)25(22(14-18)30-3)31-16-17-9-5-4-6-10-17/h4-14,23-24,26-27H,15-16H2,1-3H3/t23-,24+/m0/s1. The van der Waals surface area contributed by atoms with Crippen molar-refractivity contribution in [1.82, 2.24) is 0 Å². The Labute approximate surface area is 187 Å². The molecule has 170 valence electrons. The van der Waals surface area contributed by atoms with Crippen LogP contribution in [0.5, 0.6) is 28.7 Å². The van der Waals surface area contributed by atoms with E-state index in [4.69, 9.17) is 23.7 Å². The fourth-order valence-electron chi connectivity index (χ4n) is 3.24. The minimum atomic E-state index is -1.17. The molecule has 0 fully saturated rings. The first kappa shape index (κ1) is 23.2. The monoisotopic (exact) mass is 440 g/mol. The average Bonchev–Trinajstić information content (AvgIpc) is 2.85. The van der Waals surface area contributed by atoms with Gasteiger partial charge in [-0.1, -0.05) is 42.5 Å². The molecule has 0 aromatic heterocycles. The Balaban J connectivity index is 1.85. The van der Waals surface area contributed by atoms with Crippen molar-refractivity contribution in [3.8, 4) is 28.7 Å². The molecular formula is C25H28O7. The molecule has 7 nitrogen and oxygen atoms in total. The zero-order chi connectivity index (χ0) is 22.9. The van der Waals surface area contributed by atoms with Crippen molar-refractivity contribution in [2.75, 3.05) is 27.9 Å². The van der Waals surface area contributed by atoms with Crippen molar-refractivity contribution >= 4 is 0 Å². The van der Waals surface area contributed by atoms with Crippen LogP contribution < -0.4 is 23.7 Å². The van der Waals surface area contributed by atoms with Crippen LogP contribution in [0.25, 0.3) is 0 Å². The normalized spacial score (nSPS) is 12.5. The summed E-state index contributed by atoms with van der Waals surface area (Å²) in [6.07, 6.45) is -2.12. The average molecular weight is 440 g/mol. The van der Waals surface area contributed by atoms with Gasteiger partial charge in [0.2, 0.25) is 5.75 Å². The summed E-state index contributed by atoms with van der Waals surface area (Å²) >= 11 is 0. The Morgan fingerprint density at radius 2 is 1.31 bits per heavy atom. The first-order valence-corrected chi connectivity index (χ1v) is 10.1. The maximum atomic E-state index is 11.0. The van der Waals surface area contributed by atoms with Crippen LogP contribution in [0.15, 0.2) is 66.7 Å². The van der Waals surface area contributed by atoms with Crippen LogP contribution in [0, 0.1) is 0 Å². The molecule has 3 aromatic rings. The van der Waals surface area contributed by atoms with Crippen LogP contribution >= 0.6 is 0 Å². The van der Waals surface area contributed by atoms with Crippen LogP contribution in [0.4, 0.5) is 0 Å². The lowest BCUT2D eigenvalue weighted by Crippen LogP contribution is -2.29. The summed E-state index contributed by atoms with van der Waals surface area (Å²) in [7, 11) is 4.54. The van der Waals surface area contributed by atoms with Gasteiger partial charge in [0.05, 0.1) is 27.9 Å². The Hall–Kier alpha value is -3.42. The van der Waals surface area contributed by atoms with Crippen LogP contribution in [-0.4, -0.2) is 44.3 Å². The smallest absolute Gasteiger partial charge is 0.203 e. The fraction of sp³-hybridized carbons (Fsp3) is 0.280. The van der Waals surface area contributed by atoms with Gasteiger partial charge in [0.1, 0.15) is 12.7 Å². The number of hydrogen-bond donors (Lipinski definition) is 2. The van der Waals surface area contributed by atoms with E-state index in [0.717, 1.165) is 5.56 Å². The van der Waals surface area contributed by atoms with Crippen molar-refractivity contribution in [3.05, 3.63) is 77.9 Å². The summed E-state index contributed by atoms with van der Waals surface area (Å²) in [5, 5.41) is 20.9. The summed E-state index contributed by atoms with van der Waals surface area (Å²) in [6, 6.07) is 20.0. The van der Waals surface area contributed by atoms with Gasteiger partial charge in [-0.2, -0.15) is 0 Å². The molecule has 0 radical (unpaired) electrons. The van der Waals surface area contributed by atoms with Gasteiger partial charge >= 0.3 is 0 Å². The Kier molecular flexibility index (Phi) is 8.19. The quantitative estimate of drug-likeness (QED) is 0.469. The Morgan fingerprint density at radius 1 is 0.750 bits per heavy atom. The molecule has 0 unspecified atom stereocenters. The first-order chi connectivity index (χ1) is 15.6. The highest BCUT2D eigenvalue weighted by Crippen LogP contribution is 2.41. The molecule has 7 heteroatoms. The van der Waals surface area contributed by atoms with Crippen LogP contribution in [0.1, 0.15) is 17.2 Å². The van der Waals surface area contributed by atoms with Crippen molar-refractivity contribution in [2.45, 2.75) is 18.8 Å². The first-order valence-electron chi connectivity index (χ1n) is 10.1. The SMILES string of the molecule is COc1ccccc1O[C@@H](CO)[C@H](O)c1cc(OC)c(OCc2ccccc2)c(OC)c1. The van der Waals surface area contributed by atoms with Crippen LogP contribution in [0.2, 0.25) is 0 Å². The van der Waals surface area contributed by atoms with Crippen molar-refractivity contribution in [2.24, 2.45) is 0 Å². The molecule has 0 aliphatic rings. The maximum Gasteiger partial charge on any atom is 0.203 e. The molecule has 2 N–H and O–H groups in total. The summed E-state index contributed by atoms with van der Waals surface area (Å²) in [6.45, 7) is -0.0955. The summed E-state index contributed by atoms with van der Waals surface area (Å²) < 4.78 is 28.1. The highest BCUT2D eigenvalue weighted by atomic mass is 16.5. The predicted molar refractivity (Wildman–Crippen MR) is 120 cm³/mol. The number of aliphatic hydroxyl groups is 2. The van der Waals surface area contributed by atoms with Gasteiger partial charge in [0.25, 0.3) is 0 Å². The van der Waals surface area contributed by atoms with E-state index in [9.17, 15) is 10.2 Å². The number of benzene rings is 3. The van der Waals surface area contributed by atoms with E-state index in [-0.39, 0.29) is 0 Å². The fourth-order valence-corrected chi connectivity index (χ4v) is 3.24. The van der Waals surface area contributed by atoms with E-state index in [1.165, 1.54) is 21.3 Å². The second kappa shape index (κ2) is 11.3. The number of rotatable bonds is 11. The third kappa shape index (κ3) is 5.43. The van der Waals surface area contributed by atoms with E-state index in [2.05, 4.69) is 0 Å². The number of methoxy groups -OCH3 is 3. The topological polar surface area (TPSA) is 86.6 Å². The molecule has 0 saturated heterocycles. The lowest BCUT2D eigenvalue weighted by molar-refractivity contribution is -0.000624. The Morgan fingerprint density at radius 3 is 1.88 bits per heavy atom. The zero-order valence-electron chi connectivity index (χ0n) is 18.4. The number of ether oxygens (including phenoxy) is 5. The molecule has 3 rings (SSSR count). The van der Waals surface area contributed by atoms with Gasteiger partial charge in [-0.15, -0.1) is 0 Å². The maximum absolute atomic E-state index is 11.0. The van der Waals surface area contributed by atoms with E-state index in [0.29, 0.717) is 40.9 Å². The second-order valence-corrected chi connectivity index (χ2v) is 6.96.